The van der Waals surface area contributed by atoms with E-state index in [-0.39, 0.29) is 0 Å². The van der Waals surface area contributed by atoms with Crippen molar-refractivity contribution in [3.8, 4) is 0 Å². The molecular weight excluding hydrogens is 274 g/mol. The zero-order valence-electron chi connectivity index (χ0n) is 12.2. The van der Waals surface area contributed by atoms with Gasteiger partial charge in [0.05, 0.1) is 5.57 Å². The monoisotopic (exact) mass is 289 g/mol. The lowest BCUT2D eigenvalue weighted by molar-refractivity contribution is -0.136. The quantitative estimate of drug-likeness (QED) is 0.635. The lowest BCUT2D eigenvalue weighted by Gasteiger charge is -2.00. The molecule has 0 aliphatic carbocycles. The molecular formula is C19H15NO2. The van der Waals surface area contributed by atoms with Gasteiger partial charge in [-0.2, -0.15) is 0 Å². The first-order chi connectivity index (χ1) is 10.7. The van der Waals surface area contributed by atoms with Gasteiger partial charge in [-0.3, -0.25) is 0 Å². The third-order valence-corrected chi connectivity index (χ3v) is 3.37. The average Bonchev–Trinajstić information content (AvgIpc) is 2.90. The summed E-state index contributed by atoms with van der Waals surface area (Å²) in [4.78, 5) is 16.6. The summed E-state index contributed by atoms with van der Waals surface area (Å²) in [5.41, 5.74) is 4.14. The van der Waals surface area contributed by atoms with E-state index in [9.17, 15) is 4.79 Å². The highest BCUT2D eigenvalue weighted by atomic mass is 16.7. The van der Waals surface area contributed by atoms with Gasteiger partial charge >= 0.3 is 5.97 Å². The van der Waals surface area contributed by atoms with Crippen LogP contribution in [0.4, 0.5) is 0 Å². The molecule has 0 spiro atoms. The molecule has 108 valence electrons. The Labute approximate surface area is 129 Å². The lowest BCUT2D eigenvalue weighted by atomic mass is 10.0. The van der Waals surface area contributed by atoms with Gasteiger partial charge in [0, 0.05) is 5.56 Å². The van der Waals surface area contributed by atoms with E-state index < -0.39 is 5.97 Å². The number of hydrogen-bond acceptors (Lipinski definition) is 3. The fourth-order valence-corrected chi connectivity index (χ4v) is 2.17. The van der Waals surface area contributed by atoms with Crippen molar-refractivity contribution in [2.75, 3.05) is 0 Å². The minimum absolute atomic E-state index is 0.423. The molecule has 1 aliphatic rings. The second kappa shape index (κ2) is 6.22. The molecule has 3 heteroatoms. The van der Waals surface area contributed by atoms with E-state index in [2.05, 4.69) is 5.16 Å². The van der Waals surface area contributed by atoms with Crippen LogP contribution < -0.4 is 0 Å². The molecule has 0 saturated carbocycles. The molecule has 1 aliphatic heterocycles. The van der Waals surface area contributed by atoms with Crippen molar-refractivity contribution in [2.24, 2.45) is 5.16 Å². The highest BCUT2D eigenvalue weighted by Crippen LogP contribution is 2.18. The fraction of sp³-hybridized carbons (Fsp3) is 0.0526. The molecule has 3 nitrogen and oxygen atoms in total. The van der Waals surface area contributed by atoms with Crippen LogP contribution in [-0.2, 0) is 9.63 Å². The molecule has 0 radical (unpaired) electrons. The van der Waals surface area contributed by atoms with Gasteiger partial charge in [-0.15, -0.1) is 0 Å². The Bertz CT molecular complexity index is 769. The third-order valence-electron chi connectivity index (χ3n) is 3.37. The maximum Gasteiger partial charge on any atom is 0.368 e. The van der Waals surface area contributed by atoms with Crippen LogP contribution in [0, 0.1) is 6.92 Å². The van der Waals surface area contributed by atoms with Crippen LogP contribution in [0.2, 0.25) is 0 Å². The second-order valence-corrected chi connectivity index (χ2v) is 5.03. The van der Waals surface area contributed by atoms with E-state index in [0.29, 0.717) is 11.3 Å². The van der Waals surface area contributed by atoms with E-state index in [0.717, 1.165) is 16.7 Å². The topological polar surface area (TPSA) is 38.7 Å². The number of carbonyl (C=O) groups excluding carboxylic acids is 1. The van der Waals surface area contributed by atoms with Crippen molar-refractivity contribution < 1.29 is 9.63 Å². The molecule has 0 aromatic heterocycles. The number of oxime groups is 1. The maximum atomic E-state index is 11.8. The van der Waals surface area contributed by atoms with Crippen molar-refractivity contribution in [1.29, 1.82) is 0 Å². The zero-order chi connectivity index (χ0) is 15.4. The SMILES string of the molecule is Cc1ccc(C2=NOC(=O)/C2=C\C=C\c2ccccc2)cc1. The Balaban J connectivity index is 1.86. The van der Waals surface area contributed by atoms with Crippen LogP contribution in [0.1, 0.15) is 16.7 Å². The lowest BCUT2D eigenvalue weighted by Crippen LogP contribution is -2.06. The van der Waals surface area contributed by atoms with E-state index in [1.165, 1.54) is 0 Å². The standard InChI is InChI=1S/C19H15NO2/c1-14-10-12-16(13-11-14)18-17(19(21)22-20-18)9-5-8-15-6-3-2-4-7-15/h2-13H,1H3/b8-5+,17-9-. The summed E-state index contributed by atoms with van der Waals surface area (Å²) in [7, 11) is 0. The van der Waals surface area contributed by atoms with Gasteiger partial charge in [-0.25, -0.2) is 4.79 Å². The van der Waals surface area contributed by atoms with Crippen LogP contribution in [-0.4, -0.2) is 11.7 Å². The number of benzene rings is 2. The van der Waals surface area contributed by atoms with Crippen LogP contribution in [0.5, 0.6) is 0 Å². The smallest absolute Gasteiger partial charge is 0.312 e. The predicted octanol–water partition coefficient (Wildman–Crippen LogP) is 3.90. The molecule has 2 aromatic rings. The number of allylic oxidation sites excluding steroid dienone is 2. The molecule has 0 N–H and O–H groups in total. The number of nitrogens with zero attached hydrogens (tertiary/aromatic N) is 1. The van der Waals surface area contributed by atoms with Gasteiger partial charge in [-0.1, -0.05) is 77.5 Å². The molecule has 22 heavy (non-hydrogen) atoms. The summed E-state index contributed by atoms with van der Waals surface area (Å²) in [5.74, 6) is -0.423. The molecule has 0 atom stereocenters. The summed E-state index contributed by atoms with van der Waals surface area (Å²) < 4.78 is 0. The van der Waals surface area contributed by atoms with Crippen molar-refractivity contribution in [3.05, 3.63) is 89.0 Å². The van der Waals surface area contributed by atoms with Crippen molar-refractivity contribution in [3.63, 3.8) is 0 Å². The highest BCUT2D eigenvalue weighted by molar-refractivity contribution is 6.29. The van der Waals surface area contributed by atoms with Crippen LogP contribution in [0.25, 0.3) is 6.08 Å². The molecule has 2 aromatic carbocycles. The average molecular weight is 289 g/mol. The van der Waals surface area contributed by atoms with E-state index in [1.54, 1.807) is 6.08 Å². The molecule has 0 saturated heterocycles. The van der Waals surface area contributed by atoms with Gasteiger partial charge in [0.2, 0.25) is 0 Å². The maximum absolute atomic E-state index is 11.8. The fourth-order valence-electron chi connectivity index (χ4n) is 2.17. The van der Waals surface area contributed by atoms with Crippen LogP contribution in [0.3, 0.4) is 0 Å². The van der Waals surface area contributed by atoms with Crippen LogP contribution in [0.15, 0.2) is 77.5 Å². The van der Waals surface area contributed by atoms with Gasteiger partial charge in [0.1, 0.15) is 5.71 Å². The van der Waals surface area contributed by atoms with Crippen molar-refractivity contribution in [1.82, 2.24) is 0 Å². The van der Waals surface area contributed by atoms with Crippen molar-refractivity contribution in [2.45, 2.75) is 6.92 Å². The summed E-state index contributed by atoms with van der Waals surface area (Å²) in [6.07, 6.45) is 5.51. The normalized spacial score (nSPS) is 16.1. The van der Waals surface area contributed by atoms with Crippen LogP contribution >= 0.6 is 0 Å². The van der Waals surface area contributed by atoms with E-state index in [4.69, 9.17) is 4.84 Å². The number of hydrogen-bond donors (Lipinski definition) is 0. The third kappa shape index (κ3) is 3.04. The molecule has 1 heterocycles. The summed E-state index contributed by atoms with van der Waals surface area (Å²) in [6, 6.07) is 17.7. The van der Waals surface area contributed by atoms with E-state index in [1.807, 2.05) is 73.7 Å². The minimum Gasteiger partial charge on any atom is -0.312 e. The summed E-state index contributed by atoms with van der Waals surface area (Å²) in [6.45, 7) is 2.02. The van der Waals surface area contributed by atoms with Gasteiger partial charge in [-0.05, 0) is 18.6 Å². The van der Waals surface area contributed by atoms with Gasteiger partial charge in [0.25, 0.3) is 0 Å². The first kappa shape index (κ1) is 14.0. The number of rotatable bonds is 3. The van der Waals surface area contributed by atoms with Gasteiger partial charge in [0.15, 0.2) is 0 Å². The minimum atomic E-state index is -0.423. The van der Waals surface area contributed by atoms with E-state index >= 15 is 0 Å². The highest BCUT2D eigenvalue weighted by Gasteiger charge is 2.25. The largest absolute Gasteiger partial charge is 0.368 e. The number of carbonyl (C=O) groups is 1. The Morgan fingerprint density at radius 2 is 1.73 bits per heavy atom. The Morgan fingerprint density at radius 3 is 2.45 bits per heavy atom. The summed E-state index contributed by atoms with van der Waals surface area (Å²) >= 11 is 0. The molecule has 0 unspecified atom stereocenters. The van der Waals surface area contributed by atoms with Gasteiger partial charge < -0.3 is 4.84 Å². The Kier molecular flexibility index (Phi) is 3.97. The molecule has 3 rings (SSSR count). The number of aryl methyl sites for hydroxylation is 1. The second-order valence-electron chi connectivity index (χ2n) is 5.03. The summed E-state index contributed by atoms with van der Waals surface area (Å²) in [5, 5.41) is 3.89. The molecule has 0 amide bonds. The first-order valence-electron chi connectivity index (χ1n) is 7.04. The van der Waals surface area contributed by atoms with Crippen molar-refractivity contribution >= 4 is 17.8 Å². The Morgan fingerprint density at radius 1 is 1.00 bits per heavy atom. The molecule has 0 fully saturated rings. The first-order valence-corrected chi connectivity index (χ1v) is 7.04. The molecule has 0 bridgehead atoms. The zero-order valence-corrected chi connectivity index (χ0v) is 12.2. The Hall–Kier alpha value is -2.94. The predicted molar refractivity (Wildman–Crippen MR) is 87.4 cm³/mol.